The second kappa shape index (κ2) is 13.6. The normalized spacial score (nSPS) is 11.5. The van der Waals surface area contributed by atoms with Gasteiger partial charge in [0.2, 0.25) is 0 Å². The molecule has 0 amide bonds. The van der Waals surface area contributed by atoms with E-state index in [1.807, 2.05) is 0 Å². The number of hydrogen-bond acceptors (Lipinski definition) is 3. The number of rotatable bonds is 6. The summed E-state index contributed by atoms with van der Waals surface area (Å²) in [5.41, 5.74) is 10.8. The molecule has 0 aliphatic rings. The monoisotopic (exact) mass is 726 g/mol. The van der Waals surface area contributed by atoms with Crippen LogP contribution < -0.4 is 0 Å². The molecule has 4 nitrogen and oxygen atoms in total. The van der Waals surface area contributed by atoms with E-state index in [1.165, 1.54) is 32.7 Å². The lowest BCUT2D eigenvalue weighted by Crippen LogP contribution is -2.02. The Bertz CT molecular complexity index is 3240. The molecule has 0 aliphatic heterocycles. The first-order valence-corrected chi connectivity index (χ1v) is 19.3. The number of benzene rings is 9. The minimum Gasteiger partial charge on any atom is -0.309 e. The first kappa shape index (κ1) is 32.7. The third-order valence-corrected chi connectivity index (χ3v) is 11.0. The van der Waals surface area contributed by atoms with Gasteiger partial charge in [-0.2, -0.15) is 0 Å². The van der Waals surface area contributed by atoms with Crippen molar-refractivity contribution in [2.75, 3.05) is 0 Å². The Morgan fingerprint density at radius 2 is 0.772 bits per heavy atom. The number of fused-ring (bicyclic) bond motifs is 5. The van der Waals surface area contributed by atoms with E-state index in [9.17, 15) is 0 Å². The molecule has 0 spiro atoms. The molecule has 0 aliphatic carbocycles. The third-order valence-electron chi connectivity index (χ3n) is 11.0. The minimum absolute atomic E-state index is 0.614. The summed E-state index contributed by atoms with van der Waals surface area (Å²) in [6.07, 6.45) is 0. The van der Waals surface area contributed by atoms with Crippen molar-refractivity contribution in [3.8, 4) is 62.1 Å². The quantitative estimate of drug-likeness (QED) is 0.171. The van der Waals surface area contributed by atoms with Gasteiger partial charge in [0.15, 0.2) is 17.5 Å². The zero-order valence-electron chi connectivity index (χ0n) is 30.9. The Balaban J connectivity index is 1.14. The summed E-state index contributed by atoms with van der Waals surface area (Å²) >= 11 is 0. The van der Waals surface area contributed by atoms with Gasteiger partial charge in [-0.25, -0.2) is 15.0 Å². The molecule has 0 unspecified atom stereocenters. The van der Waals surface area contributed by atoms with Gasteiger partial charge in [0.1, 0.15) is 0 Å². The van der Waals surface area contributed by atoms with Crippen LogP contribution in [0.15, 0.2) is 206 Å². The molecule has 0 saturated carbocycles. The molecule has 0 fully saturated rings. The fourth-order valence-corrected chi connectivity index (χ4v) is 8.28. The van der Waals surface area contributed by atoms with Crippen LogP contribution in [0.2, 0.25) is 0 Å². The van der Waals surface area contributed by atoms with Crippen molar-refractivity contribution in [1.29, 1.82) is 0 Å². The molecule has 2 aromatic heterocycles. The molecular weight excluding hydrogens is 693 g/mol. The molecule has 0 saturated heterocycles. The van der Waals surface area contributed by atoms with Crippen molar-refractivity contribution in [3.05, 3.63) is 206 Å². The van der Waals surface area contributed by atoms with Gasteiger partial charge in [0.25, 0.3) is 0 Å². The summed E-state index contributed by atoms with van der Waals surface area (Å²) in [4.78, 5) is 15.7. The van der Waals surface area contributed by atoms with Crippen LogP contribution in [0.1, 0.15) is 0 Å². The van der Waals surface area contributed by atoms with E-state index < -0.39 is 0 Å². The number of nitrogens with zero attached hydrogens (tertiary/aromatic N) is 4. The molecule has 11 aromatic rings. The lowest BCUT2D eigenvalue weighted by Gasteiger charge is -2.16. The van der Waals surface area contributed by atoms with E-state index >= 15 is 0 Å². The Hall–Kier alpha value is -7.69. The third kappa shape index (κ3) is 5.74. The maximum atomic E-state index is 5.27. The van der Waals surface area contributed by atoms with Gasteiger partial charge in [-0.15, -0.1) is 0 Å². The van der Waals surface area contributed by atoms with Crippen LogP contribution in [-0.2, 0) is 0 Å². The van der Waals surface area contributed by atoms with Gasteiger partial charge in [-0.05, 0) is 68.6 Å². The van der Waals surface area contributed by atoms with Crippen molar-refractivity contribution in [1.82, 2.24) is 19.5 Å². The highest BCUT2D eigenvalue weighted by molar-refractivity contribution is 6.10. The first-order valence-electron chi connectivity index (χ1n) is 19.3. The average Bonchev–Trinajstić information content (AvgIpc) is 3.63. The Kier molecular flexibility index (Phi) is 7.78. The summed E-state index contributed by atoms with van der Waals surface area (Å²) in [6, 6.07) is 72.9. The van der Waals surface area contributed by atoms with Crippen LogP contribution in [0.25, 0.3) is 105 Å². The van der Waals surface area contributed by atoms with Gasteiger partial charge in [-0.3, -0.25) is 0 Å². The van der Waals surface area contributed by atoms with Gasteiger partial charge in [-0.1, -0.05) is 176 Å². The van der Waals surface area contributed by atoms with Crippen LogP contribution in [0, 0.1) is 0 Å². The number of hydrogen-bond donors (Lipinski definition) is 0. The van der Waals surface area contributed by atoms with E-state index in [-0.39, 0.29) is 0 Å². The zero-order chi connectivity index (χ0) is 37.7. The highest BCUT2D eigenvalue weighted by atomic mass is 15.0. The van der Waals surface area contributed by atoms with Gasteiger partial charge < -0.3 is 4.57 Å². The van der Waals surface area contributed by atoms with Crippen LogP contribution >= 0.6 is 0 Å². The lowest BCUT2D eigenvalue weighted by atomic mass is 9.97. The van der Waals surface area contributed by atoms with Crippen molar-refractivity contribution < 1.29 is 0 Å². The van der Waals surface area contributed by atoms with Crippen LogP contribution in [-0.4, -0.2) is 19.5 Å². The van der Waals surface area contributed by atoms with E-state index in [0.29, 0.717) is 17.5 Å². The van der Waals surface area contributed by atoms with Gasteiger partial charge >= 0.3 is 0 Å². The molecule has 11 rings (SSSR count). The fourth-order valence-electron chi connectivity index (χ4n) is 8.28. The molecule has 0 N–H and O–H groups in total. The average molecular weight is 727 g/mol. The topological polar surface area (TPSA) is 43.6 Å². The summed E-state index contributed by atoms with van der Waals surface area (Å²) in [5.74, 6) is 1.87. The molecular formula is C53H34N4. The molecule has 9 aromatic carbocycles. The Morgan fingerprint density at radius 3 is 1.44 bits per heavy atom. The molecule has 266 valence electrons. The van der Waals surface area contributed by atoms with E-state index in [4.69, 9.17) is 15.0 Å². The van der Waals surface area contributed by atoms with Crippen molar-refractivity contribution in [2.45, 2.75) is 0 Å². The smallest absolute Gasteiger partial charge is 0.164 e. The second-order valence-electron chi connectivity index (χ2n) is 14.4. The number of aromatic nitrogens is 4. The molecule has 0 atom stereocenters. The van der Waals surface area contributed by atoms with Crippen LogP contribution in [0.4, 0.5) is 0 Å². The van der Waals surface area contributed by atoms with E-state index in [2.05, 4.69) is 211 Å². The molecule has 4 heteroatoms. The van der Waals surface area contributed by atoms with E-state index in [1.54, 1.807) is 0 Å². The number of para-hydroxylation sites is 2. The summed E-state index contributed by atoms with van der Waals surface area (Å²) < 4.78 is 2.39. The zero-order valence-corrected chi connectivity index (χ0v) is 30.9. The molecule has 57 heavy (non-hydrogen) atoms. The summed E-state index contributed by atoms with van der Waals surface area (Å²) in [7, 11) is 0. The van der Waals surface area contributed by atoms with Crippen molar-refractivity contribution in [2.24, 2.45) is 0 Å². The minimum atomic E-state index is 0.614. The predicted molar refractivity (Wildman–Crippen MR) is 236 cm³/mol. The molecule has 0 bridgehead atoms. The lowest BCUT2D eigenvalue weighted by molar-refractivity contribution is 1.07. The summed E-state index contributed by atoms with van der Waals surface area (Å²) in [5, 5.41) is 7.05. The maximum absolute atomic E-state index is 5.27. The van der Waals surface area contributed by atoms with Crippen LogP contribution in [0.3, 0.4) is 0 Å². The van der Waals surface area contributed by atoms with Gasteiger partial charge in [0.05, 0.1) is 16.7 Å². The Morgan fingerprint density at radius 1 is 0.281 bits per heavy atom. The second-order valence-corrected chi connectivity index (χ2v) is 14.4. The highest BCUT2D eigenvalue weighted by Crippen LogP contribution is 2.39. The molecule has 0 radical (unpaired) electrons. The largest absolute Gasteiger partial charge is 0.309 e. The van der Waals surface area contributed by atoms with Crippen molar-refractivity contribution >= 4 is 43.4 Å². The van der Waals surface area contributed by atoms with Gasteiger partial charge in [0, 0.05) is 33.0 Å². The SMILES string of the molecule is c1ccc(-c2ccc(-c3nc(-c4ccc5ccccc5c4)nc(-c4ccc5c(-c6ccccc6)cccc5c4)n3)cc2-n2c3ccccc3c3ccccc32)cc1. The summed E-state index contributed by atoms with van der Waals surface area (Å²) in [6.45, 7) is 0. The maximum Gasteiger partial charge on any atom is 0.164 e. The van der Waals surface area contributed by atoms with Crippen molar-refractivity contribution in [3.63, 3.8) is 0 Å². The fraction of sp³-hybridized carbons (Fsp3) is 0. The first-order chi connectivity index (χ1) is 28.2. The Labute approximate surface area is 330 Å². The standard InChI is InChI=1S/C53H34N4/c1-3-15-36(16-4-1)43-23-13-20-39-33-41(28-30-44(39)43)52-54-51(40-27-26-35-14-7-8-19-38(35)32-40)55-53(56-52)42-29-31-45(37-17-5-2-6-18-37)50(34-42)57-48-24-11-9-21-46(48)47-22-10-12-25-49(47)57/h1-34H. The van der Waals surface area contributed by atoms with Crippen LogP contribution in [0.5, 0.6) is 0 Å². The molecule has 2 heterocycles. The predicted octanol–water partition coefficient (Wildman–Crippen LogP) is 13.6. The highest BCUT2D eigenvalue weighted by Gasteiger charge is 2.19. The van der Waals surface area contributed by atoms with E-state index in [0.717, 1.165) is 55.3 Å².